The van der Waals surface area contributed by atoms with Crippen LogP contribution in [0.2, 0.25) is 0 Å². The molecule has 27 heavy (non-hydrogen) atoms. The Morgan fingerprint density at radius 3 is 1.78 bits per heavy atom. The molecule has 0 aliphatic heterocycles. The molecule has 0 amide bonds. The van der Waals surface area contributed by atoms with Gasteiger partial charge in [0.15, 0.2) is 0 Å². The Balaban J connectivity index is 1.86. The van der Waals surface area contributed by atoms with Crippen molar-refractivity contribution in [2.75, 3.05) is 23.3 Å². The highest BCUT2D eigenvalue weighted by Gasteiger charge is 2.22. The number of hydrogen-bond donors (Lipinski definition) is 2. The van der Waals surface area contributed by atoms with Crippen LogP contribution in [0.25, 0.3) is 0 Å². The van der Waals surface area contributed by atoms with Crippen molar-refractivity contribution in [1.82, 2.24) is 0 Å². The molecule has 2 atom stereocenters. The maximum atomic E-state index is 11.0. The highest BCUT2D eigenvalue weighted by atomic mass is 16.3. The minimum atomic E-state index is -0.643. The molecular formula is C24H28N2O. The topological polar surface area (TPSA) is 35.5 Å². The van der Waals surface area contributed by atoms with Gasteiger partial charge >= 0.3 is 0 Å². The lowest BCUT2D eigenvalue weighted by Crippen LogP contribution is -2.22. The average Bonchev–Trinajstić information content (AvgIpc) is 2.74. The summed E-state index contributed by atoms with van der Waals surface area (Å²) in [5.74, 6) is 0. The number of aliphatic hydroxyl groups is 1. The van der Waals surface area contributed by atoms with Crippen LogP contribution in [0.1, 0.15) is 37.1 Å². The second-order valence-electron chi connectivity index (χ2n) is 6.61. The molecule has 0 aliphatic carbocycles. The van der Waals surface area contributed by atoms with E-state index in [9.17, 15) is 5.11 Å². The molecule has 0 saturated carbocycles. The number of nitrogens with one attached hydrogen (secondary N) is 1. The van der Waals surface area contributed by atoms with Gasteiger partial charge in [0.1, 0.15) is 6.10 Å². The van der Waals surface area contributed by atoms with Gasteiger partial charge in [-0.1, -0.05) is 60.7 Å². The normalized spacial score (nSPS) is 13.0. The van der Waals surface area contributed by atoms with Crippen molar-refractivity contribution in [3.05, 3.63) is 96.1 Å². The minimum absolute atomic E-state index is 0.229. The van der Waals surface area contributed by atoms with E-state index in [2.05, 4.69) is 48.3 Å². The van der Waals surface area contributed by atoms with Gasteiger partial charge in [-0.15, -0.1) is 0 Å². The Bertz CT molecular complexity index is 799. The lowest BCUT2D eigenvalue weighted by molar-refractivity contribution is 0.155. The van der Waals surface area contributed by atoms with E-state index < -0.39 is 6.10 Å². The van der Waals surface area contributed by atoms with Gasteiger partial charge in [0.25, 0.3) is 0 Å². The maximum absolute atomic E-state index is 11.0. The number of anilines is 2. The highest BCUT2D eigenvalue weighted by molar-refractivity contribution is 5.56. The first-order valence-electron chi connectivity index (χ1n) is 9.62. The molecule has 0 spiro atoms. The lowest BCUT2D eigenvalue weighted by Gasteiger charge is -2.27. The third-order valence-electron chi connectivity index (χ3n) is 4.93. The van der Waals surface area contributed by atoms with Gasteiger partial charge in [-0.05, 0) is 49.2 Å². The number of benzene rings is 3. The van der Waals surface area contributed by atoms with Crippen molar-refractivity contribution < 1.29 is 5.11 Å². The first kappa shape index (κ1) is 19.0. The standard InChI is InChI=1S/C24H28N2O/c1-3-26(4-2)22-17-15-21(16-18-22)25-23(19-11-7-5-8-12-19)24(27)20-13-9-6-10-14-20/h5-18,23-25,27H,3-4H2,1-2H3. The van der Waals surface area contributed by atoms with Crippen LogP contribution in [0.15, 0.2) is 84.9 Å². The van der Waals surface area contributed by atoms with Crippen LogP contribution in [-0.2, 0) is 0 Å². The van der Waals surface area contributed by atoms with Crippen LogP contribution >= 0.6 is 0 Å². The predicted molar refractivity (Wildman–Crippen MR) is 114 cm³/mol. The fourth-order valence-corrected chi connectivity index (χ4v) is 3.38. The molecular weight excluding hydrogens is 332 g/mol. The van der Waals surface area contributed by atoms with E-state index in [1.54, 1.807) is 0 Å². The van der Waals surface area contributed by atoms with E-state index in [0.29, 0.717) is 0 Å². The minimum Gasteiger partial charge on any atom is -0.386 e. The van der Waals surface area contributed by atoms with Gasteiger partial charge in [-0.3, -0.25) is 0 Å². The number of hydrogen-bond acceptors (Lipinski definition) is 3. The smallest absolute Gasteiger partial charge is 0.103 e. The first-order valence-corrected chi connectivity index (χ1v) is 9.62. The molecule has 0 bridgehead atoms. The molecule has 0 aliphatic rings. The summed E-state index contributed by atoms with van der Waals surface area (Å²) in [5, 5.41) is 14.6. The molecule has 0 heterocycles. The van der Waals surface area contributed by atoms with Crippen LogP contribution < -0.4 is 10.2 Å². The molecule has 2 unspecified atom stereocenters. The molecule has 0 saturated heterocycles. The van der Waals surface area contributed by atoms with E-state index in [0.717, 1.165) is 29.9 Å². The van der Waals surface area contributed by atoms with Crippen molar-refractivity contribution in [2.45, 2.75) is 26.0 Å². The largest absolute Gasteiger partial charge is 0.386 e. The van der Waals surface area contributed by atoms with Gasteiger partial charge in [-0.25, -0.2) is 0 Å². The van der Waals surface area contributed by atoms with Crippen LogP contribution in [0.3, 0.4) is 0 Å². The van der Waals surface area contributed by atoms with E-state index in [1.807, 2.05) is 60.7 Å². The van der Waals surface area contributed by atoms with Gasteiger partial charge in [-0.2, -0.15) is 0 Å². The molecule has 0 fully saturated rings. The van der Waals surface area contributed by atoms with E-state index >= 15 is 0 Å². The van der Waals surface area contributed by atoms with Crippen molar-refractivity contribution in [3.63, 3.8) is 0 Å². The Kier molecular flexibility index (Phi) is 6.50. The van der Waals surface area contributed by atoms with Crippen molar-refractivity contribution in [3.8, 4) is 0 Å². The zero-order chi connectivity index (χ0) is 19.1. The number of rotatable bonds is 8. The number of aliphatic hydroxyl groups excluding tert-OH is 1. The zero-order valence-corrected chi connectivity index (χ0v) is 16.0. The summed E-state index contributed by atoms with van der Waals surface area (Å²) in [5.41, 5.74) is 4.17. The molecule has 3 aromatic rings. The quantitative estimate of drug-likeness (QED) is 0.563. The molecule has 3 aromatic carbocycles. The summed E-state index contributed by atoms with van der Waals surface area (Å²) < 4.78 is 0. The molecule has 0 radical (unpaired) electrons. The summed E-state index contributed by atoms with van der Waals surface area (Å²) in [7, 11) is 0. The fourth-order valence-electron chi connectivity index (χ4n) is 3.38. The Morgan fingerprint density at radius 2 is 1.26 bits per heavy atom. The van der Waals surface area contributed by atoms with Crippen LogP contribution in [0.4, 0.5) is 11.4 Å². The van der Waals surface area contributed by atoms with Crippen LogP contribution in [0.5, 0.6) is 0 Å². The molecule has 3 rings (SSSR count). The zero-order valence-electron chi connectivity index (χ0n) is 16.0. The van der Waals surface area contributed by atoms with Gasteiger partial charge < -0.3 is 15.3 Å². The molecule has 3 nitrogen and oxygen atoms in total. The summed E-state index contributed by atoms with van der Waals surface area (Å²) in [6.45, 7) is 6.31. The Hall–Kier alpha value is -2.78. The summed E-state index contributed by atoms with van der Waals surface area (Å²) in [4.78, 5) is 2.32. The van der Waals surface area contributed by atoms with Crippen molar-refractivity contribution in [2.24, 2.45) is 0 Å². The summed E-state index contributed by atoms with van der Waals surface area (Å²) in [6.07, 6.45) is -0.643. The first-order chi connectivity index (χ1) is 13.2. The van der Waals surface area contributed by atoms with Gasteiger partial charge in [0, 0.05) is 24.5 Å². The monoisotopic (exact) mass is 360 g/mol. The van der Waals surface area contributed by atoms with Crippen molar-refractivity contribution >= 4 is 11.4 Å². The van der Waals surface area contributed by atoms with E-state index in [1.165, 1.54) is 5.69 Å². The van der Waals surface area contributed by atoms with Crippen LogP contribution in [0, 0.1) is 0 Å². The Morgan fingerprint density at radius 1 is 0.741 bits per heavy atom. The van der Waals surface area contributed by atoms with Crippen LogP contribution in [-0.4, -0.2) is 18.2 Å². The number of nitrogens with zero attached hydrogens (tertiary/aromatic N) is 1. The maximum Gasteiger partial charge on any atom is 0.103 e. The molecule has 2 N–H and O–H groups in total. The molecule has 0 aromatic heterocycles. The van der Waals surface area contributed by atoms with Gasteiger partial charge in [0.05, 0.1) is 6.04 Å². The second kappa shape index (κ2) is 9.24. The third kappa shape index (κ3) is 4.69. The summed E-state index contributed by atoms with van der Waals surface area (Å²) in [6, 6.07) is 28.1. The molecule has 3 heteroatoms. The predicted octanol–water partition coefficient (Wildman–Crippen LogP) is 5.42. The average molecular weight is 361 g/mol. The molecule has 140 valence electrons. The van der Waals surface area contributed by atoms with Gasteiger partial charge in [0.2, 0.25) is 0 Å². The fraction of sp³-hybridized carbons (Fsp3) is 0.250. The summed E-state index contributed by atoms with van der Waals surface area (Å²) >= 11 is 0. The second-order valence-corrected chi connectivity index (χ2v) is 6.61. The van der Waals surface area contributed by atoms with Crippen molar-refractivity contribution in [1.29, 1.82) is 0 Å². The third-order valence-corrected chi connectivity index (χ3v) is 4.93. The van der Waals surface area contributed by atoms with E-state index in [4.69, 9.17) is 0 Å². The lowest BCUT2D eigenvalue weighted by atomic mass is 9.95. The highest BCUT2D eigenvalue weighted by Crippen LogP contribution is 2.32. The van der Waals surface area contributed by atoms with E-state index in [-0.39, 0.29) is 6.04 Å². The SMILES string of the molecule is CCN(CC)c1ccc(NC(c2ccccc2)C(O)c2ccccc2)cc1. The Labute approximate surface area is 162 Å².